The van der Waals surface area contributed by atoms with Gasteiger partial charge in [-0.05, 0) is 25.0 Å². The molecule has 1 aliphatic carbocycles. The molecular formula is C17H27N3OS. The first kappa shape index (κ1) is 17.3. The molecule has 1 saturated carbocycles. The standard InChI is InChI=1S/C17H27N3OS/c21-17(14-22-13-16-9-5-6-10-18-16)20-12-11-19-15-7-3-1-2-4-8-15/h5-6,9-10,15,19H,1-4,7-8,11-14H2,(H,20,21). The summed E-state index contributed by atoms with van der Waals surface area (Å²) in [7, 11) is 0. The monoisotopic (exact) mass is 321 g/mol. The first-order valence-electron chi connectivity index (χ1n) is 8.32. The number of aromatic nitrogens is 1. The lowest BCUT2D eigenvalue weighted by molar-refractivity contribution is -0.118. The number of nitrogens with one attached hydrogen (secondary N) is 2. The summed E-state index contributed by atoms with van der Waals surface area (Å²) in [6, 6.07) is 6.52. The Labute approximate surface area is 137 Å². The van der Waals surface area contributed by atoms with Gasteiger partial charge in [0.15, 0.2) is 0 Å². The molecule has 0 saturated heterocycles. The van der Waals surface area contributed by atoms with Crippen molar-refractivity contribution >= 4 is 17.7 Å². The second-order valence-corrected chi connectivity index (χ2v) is 6.79. The molecule has 1 aromatic rings. The molecule has 0 atom stereocenters. The minimum absolute atomic E-state index is 0.114. The maximum atomic E-state index is 11.8. The van der Waals surface area contributed by atoms with Gasteiger partial charge in [0.1, 0.15) is 0 Å². The van der Waals surface area contributed by atoms with Crippen LogP contribution in [0.3, 0.4) is 0 Å². The van der Waals surface area contributed by atoms with Crippen LogP contribution in [0.25, 0.3) is 0 Å². The molecule has 0 spiro atoms. The predicted molar refractivity (Wildman–Crippen MR) is 92.9 cm³/mol. The van der Waals surface area contributed by atoms with Crippen LogP contribution in [0.5, 0.6) is 0 Å². The van der Waals surface area contributed by atoms with E-state index in [1.807, 2.05) is 18.2 Å². The third kappa shape index (κ3) is 7.27. The molecular weight excluding hydrogens is 294 g/mol. The van der Waals surface area contributed by atoms with E-state index in [-0.39, 0.29) is 5.91 Å². The van der Waals surface area contributed by atoms with E-state index in [9.17, 15) is 4.79 Å². The molecule has 4 nitrogen and oxygen atoms in total. The Morgan fingerprint density at radius 1 is 1.18 bits per heavy atom. The molecule has 1 aromatic heterocycles. The molecule has 0 aliphatic heterocycles. The number of nitrogens with zero attached hydrogens (tertiary/aromatic N) is 1. The van der Waals surface area contributed by atoms with E-state index < -0.39 is 0 Å². The van der Waals surface area contributed by atoms with Crippen molar-refractivity contribution in [3.63, 3.8) is 0 Å². The molecule has 22 heavy (non-hydrogen) atoms. The Kier molecular flexibility index (Phi) is 8.35. The van der Waals surface area contributed by atoms with Crippen LogP contribution in [0.2, 0.25) is 0 Å². The van der Waals surface area contributed by atoms with Crippen LogP contribution < -0.4 is 10.6 Å². The molecule has 5 heteroatoms. The van der Waals surface area contributed by atoms with Crippen molar-refractivity contribution in [1.29, 1.82) is 0 Å². The van der Waals surface area contributed by atoms with E-state index in [0.29, 0.717) is 11.8 Å². The average Bonchev–Trinajstić information content (AvgIpc) is 2.81. The second-order valence-electron chi connectivity index (χ2n) is 5.81. The fraction of sp³-hybridized carbons (Fsp3) is 0.647. The van der Waals surface area contributed by atoms with Crippen LogP contribution in [0.15, 0.2) is 24.4 Å². The zero-order valence-corrected chi connectivity index (χ0v) is 14.0. The highest BCUT2D eigenvalue weighted by atomic mass is 32.2. The molecule has 1 fully saturated rings. The van der Waals surface area contributed by atoms with Crippen molar-refractivity contribution in [2.24, 2.45) is 0 Å². The van der Waals surface area contributed by atoms with Gasteiger partial charge < -0.3 is 10.6 Å². The van der Waals surface area contributed by atoms with Crippen molar-refractivity contribution in [3.8, 4) is 0 Å². The number of hydrogen-bond acceptors (Lipinski definition) is 4. The summed E-state index contributed by atoms with van der Waals surface area (Å²) in [5.41, 5.74) is 1.02. The van der Waals surface area contributed by atoms with Crippen molar-refractivity contribution in [2.45, 2.75) is 50.3 Å². The van der Waals surface area contributed by atoms with Crippen molar-refractivity contribution in [1.82, 2.24) is 15.6 Å². The van der Waals surface area contributed by atoms with E-state index >= 15 is 0 Å². The van der Waals surface area contributed by atoms with Gasteiger partial charge in [-0.15, -0.1) is 11.8 Å². The van der Waals surface area contributed by atoms with Gasteiger partial charge in [0, 0.05) is 31.1 Å². The van der Waals surface area contributed by atoms with Crippen molar-refractivity contribution < 1.29 is 4.79 Å². The SMILES string of the molecule is O=C(CSCc1ccccn1)NCCNC1CCCCCC1. The number of pyridine rings is 1. The van der Waals surface area contributed by atoms with E-state index in [0.717, 1.165) is 24.5 Å². The number of carbonyl (C=O) groups is 1. The van der Waals surface area contributed by atoms with Gasteiger partial charge in [-0.1, -0.05) is 31.7 Å². The maximum Gasteiger partial charge on any atom is 0.230 e. The number of amides is 1. The van der Waals surface area contributed by atoms with Crippen LogP contribution >= 0.6 is 11.8 Å². The predicted octanol–water partition coefficient (Wildman–Crippen LogP) is 2.74. The molecule has 2 rings (SSSR count). The lowest BCUT2D eigenvalue weighted by atomic mass is 10.1. The first-order chi connectivity index (χ1) is 10.8. The molecule has 1 amide bonds. The van der Waals surface area contributed by atoms with E-state index in [1.165, 1.54) is 38.5 Å². The summed E-state index contributed by atoms with van der Waals surface area (Å²) in [4.78, 5) is 16.0. The van der Waals surface area contributed by atoms with Gasteiger partial charge >= 0.3 is 0 Å². The zero-order valence-electron chi connectivity index (χ0n) is 13.2. The van der Waals surface area contributed by atoms with Gasteiger partial charge in [0.2, 0.25) is 5.91 Å². The summed E-state index contributed by atoms with van der Waals surface area (Å²) in [5, 5.41) is 6.55. The van der Waals surface area contributed by atoms with E-state index in [2.05, 4.69) is 15.6 Å². The van der Waals surface area contributed by atoms with E-state index in [4.69, 9.17) is 0 Å². The number of carbonyl (C=O) groups excluding carboxylic acids is 1. The zero-order chi connectivity index (χ0) is 15.5. The number of thioether (sulfide) groups is 1. The Bertz CT molecular complexity index is 419. The summed E-state index contributed by atoms with van der Waals surface area (Å²) >= 11 is 1.61. The highest BCUT2D eigenvalue weighted by Gasteiger charge is 2.11. The summed E-state index contributed by atoms with van der Waals surface area (Å²) in [6.45, 7) is 1.60. The molecule has 0 bridgehead atoms. The van der Waals surface area contributed by atoms with Gasteiger partial charge in [0.05, 0.1) is 11.4 Å². The Morgan fingerprint density at radius 2 is 2.00 bits per heavy atom. The summed E-state index contributed by atoms with van der Waals surface area (Å²) in [5.74, 6) is 1.40. The lowest BCUT2D eigenvalue weighted by Gasteiger charge is -2.16. The number of hydrogen-bond donors (Lipinski definition) is 2. The molecule has 0 radical (unpaired) electrons. The van der Waals surface area contributed by atoms with Crippen LogP contribution in [0, 0.1) is 0 Å². The lowest BCUT2D eigenvalue weighted by Crippen LogP contribution is -2.37. The summed E-state index contributed by atoms with van der Waals surface area (Å²) < 4.78 is 0. The smallest absolute Gasteiger partial charge is 0.230 e. The fourth-order valence-electron chi connectivity index (χ4n) is 2.74. The fourth-order valence-corrected chi connectivity index (χ4v) is 3.51. The third-order valence-electron chi connectivity index (χ3n) is 3.94. The molecule has 0 aromatic carbocycles. The second kappa shape index (κ2) is 10.6. The van der Waals surface area contributed by atoms with Crippen molar-refractivity contribution in [3.05, 3.63) is 30.1 Å². The largest absolute Gasteiger partial charge is 0.354 e. The minimum atomic E-state index is 0.114. The van der Waals surface area contributed by atoms with Gasteiger partial charge in [-0.25, -0.2) is 0 Å². The van der Waals surface area contributed by atoms with Crippen LogP contribution in [0.4, 0.5) is 0 Å². The minimum Gasteiger partial charge on any atom is -0.354 e. The maximum absolute atomic E-state index is 11.8. The normalized spacial score (nSPS) is 16.2. The highest BCUT2D eigenvalue weighted by molar-refractivity contribution is 7.99. The van der Waals surface area contributed by atoms with Gasteiger partial charge in [0.25, 0.3) is 0 Å². The summed E-state index contributed by atoms with van der Waals surface area (Å²) in [6.07, 6.45) is 9.80. The van der Waals surface area contributed by atoms with Crippen molar-refractivity contribution in [2.75, 3.05) is 18.8 Å². The highest BCUT2D eigenvalue weighted by Crippen LogP contribution is 2.16. The first-order valence-corrected chi connectivity index (χ1v) is 9.48. The molecule has 2 N–H and O–H groups in total. The van der Waals surface area contributed by atoms with Gasteiger partial charge in [-0.2, -0.15) is 0 Å². The average molecular weight is 321 g/mol. The third-order valence-corrected chi connectivity index (χ3v) is 4.91. The number of rotatable bonds is 8. The van der Waals surface area contributed by atoms with Crippen LogP contribution in [-0.4, -0.2) is 35.8 Å². The molecule has 1 aliphatic rings. The van der Waals surface area contributed by atoms with Crippen LogP contribution in [0.1, 0.15) is 44.2 Å². The molecule has 0 unspecified atom stereocenters. The Morgan fingerprint density at radius 3 is 2.73 bits per heavy atom. The quantitative estimate of drug-likeness (QED) is 0.571. The molecule has 122 valence electrons. The van der Waals surface area contributed by atoms with Gasteiger partial charge in [-0.3, -0.25) is 9.78 Å². The Balaban J connectivity index is 1.48. The molecule has 1 heterocycles. The Hall–Kier alpha value is -1.07. The van der Waals surface area contributed by atoms with E-state index in [1.54, 1.807) is 18.0 Å². The van der Waals surface area contributed by atoms with Crippen LogP contribution in [-0.2, 0) is 10.5 Å². The topological polar surface area (TPSA) is 54.0 Å².